The van der Waals surface area contributed by atoms with Gasteiger partial charge in [0.1, 0.15) is 5.82 Å². The van der Waals surface area contributed by atoms with Gasteiger partial charge >= 0.3 is 0 Å². The van der Waals surface area contributed by atoms with Gasteiger partial charge < -0.3 is 10.6 Å². The number of nitrogen functional groups attached to an aromatic ring is 1. The van der Waals surface area contributed by atoms with Gasteiger partial charge in [-0.05, 0) is 61.1 Å². The average molecular weight is 496 g/mol. The molecular formula is C29H33N7O. The molecule has 0 aromatic carbocycles. The summed E-state index contributed by atoms with van der Waals surface area (Å²) in [6.45, 7) is 7.06. The maximum Gasteiger partial charge on any atom is 0.254 e. The third-order valence-corrected chi connectivity index (χ3v) is 7.23. The molecule has 2 N–H and O–H groups in total. The van der Waals surface area contributed by atoms with Gasteiger partial charge in [0.05, 0.1) is 17.0 Å². The molecule has 0 saturated heterocycles. The molecule has 3 aromatic rings. The zero-order chi connectivity index (χ0) is 26.1. The summed E-state index contributed by atoms with van der Waals surface area (Å²) < 4.78 is 0. The van der Waals surface area contributed by atoms with Crippen molar-refractivity contribution in [2.75, 3.05) is 39.5 Å². The molecule has 5 rings (SSSR count). The number of fused-ring (bicyclic) bond motifs is 1. The van der Waals surface area contributed by atoms with Gasteiger partial charge in [-0.3, -0.25) is 19.7 Å². The maximum absolute atomic E-state index is 12.3. The number of amides is 1. The molecule has 1 atom stereocenters. The van der Waals surface area contributed by atoms with Crippen molar-refractivity contribution in [3.63, 3.8) is 0 Å². The number of nitrogens with zero attached hydrogens (tertiary/aromatic N) is 6. The first-order chi connectivity index (χ1) is 17.8. The van der Waals surface area contributed by atoms with Crippen LogP contribution in [-0.4, -0.2) is 69.6 Å². The van der Waals surface area contributed by atoms with Crippen molar-refractivity contribution < 1.29 is 4.79 Å². The van der Waals surface area contributed by atoms with E-state index in [1.54, 1.807) is 31.3 Å². The number of rotatable bonds is 5. The van der Waals surface area contributed by atoms with Crippen molar-refractivity contribution in [1.82, 2.24) is 30.0 Å². The van der Waals surface area contributed by atoms with Crippen molar-refractivity contribution in [2.45, 2.75) is 26.7 Å². The van der Waals surface area contributed by atoms with Crippen LogP contribution in [0.2, 0.25) is 0 Å². The first-order valence-electron chi connectivity index (χ1n) is 12.7. The molecule has 37 heavy (non-hydrogen) atoms. The number of aryl methyl sites for hydroxylation is 1. The number of hydrogen-bond acceptors (Lipinski definition) is 7. The van der Waals surface area contributed by atoms with Crippen LogP contribution >= 0.6 is 0 Å². The van der Waals surface area contributed by atoms with E-state index in [-0.39, 0.29) is 5.91 Å². The lowest BCUT2D eigenvalue weighted by molar-refractivity contribution is 0.0827. The summed E-state index contributed by atoms with van der Waals surface area (Å²) in [5, 5.41) is 8.35. The van der Waals surface area contributed by atoms with E-state index >= 15 is 0 Å². The summed E-state index contributed by atoms with van der Waals surface area (Å²) in [5.41, 5.74) is 15.2. The fraction of sp³-hybridized carbons (Fsp3) is 0.345. The van der Waals surface area contributed by atoms with Crippen molar-refractivity contribution in [1.29, 1.82) is 0 Å². The van der Waals surface area contributed by atoms with Gasteiger partial charge in [-0.1, -0.05) is 24.6 Å². The molecule has 1 aliphatic heterocycles. The first kappa shape index (κ1) is 24.8. The monoisotopic (exact) mass is 495 g/mol. The predicted molar refractivity (Wildman–Crippen MR) is 147 cm³/mol. The summed E-state index contributed by atoms with van der Waals surface area (Å²) in [6, 6.07) is 7.65. The first-order valence-corrected chi connectivity index (χ1v) is 12.7. The Balaban J connectivity index is 1.33. The molecule has 0 spiro atoms. The lowest BCUT2D eigenvalue weighted by Gasteiger charge is -2.31. The van der Waals surface area contributed by atoms with E-state index in [0.29, 0.717) is 17.3 Å². The molecule has 2 aliphatic rings. The number of hydrogen-bond donors (Lipinski definition) is 1. The van der Waals surface area contributed by atoms with Gasteiger partial charge in [0.2, 0.25) is 0 Å². The summed E-state index contributed by atoms with van der Waals surface area (Å²) in [7, 11) is 3.52. The van der Waals surface area contributed by atoms with Gasteiger partial charge in [-0.15, -0.1) is 10.2 Å². The Morgan fingerprint density at radius 3 is 2.70 bits per heavy atom. The molecule has 0 fully saturated rings. The average Bonchev–Trinajstić information content (AvgIpc) is 2.89. The minimum atomic E-state index is -0.0239. The largest absolute Gasteiger partial charge is 0.382 e. The Morgan fingerprint density at radius 1 is 1.19 bits per heavy atom. The Bertz CT molecular complexity index is 1390. The number of carbonyl (C=O) groups is 1. The molecular weight excluding hydrogens is 462 g/mol. The minimum Gasteiger partial charge on any atom is -0.382 e. The number of nitrogens with two attached hydrogens (primary N) is 1. The molecule has 3 aromatic heterocycles. The second kappa shape index (κ2) is 10.2. The SMILES string of the molecule is Cc1cc(C(=O)N(C)C)cnc1C1=CCN(CC2=Cc3c(-c4ccc(N)nn4)ccnc3CC2C)CC1. The number of aromatic nitrogens is 4. The Morgan fingerprint density at radius 2 is 2.03 bits per heavy atom. The van der Waals surface area contributed by atoms with Crippen molar-refractivity contribution in [3.8, 4) is 11.3 Å². The van der Waals surface area contributed by atoms with E-state index in [2.05, 4.69) is 44.1 Å². The van der Waals surface area contributed by atoms with Crippen LogP contribution in [0.1, 0.15) is 46.2 Å². The van der Waals surface area contributed by atoms with Gasteiger partial charge in [-0.2, -0.15) is 0 Å². The lowest BCUT2D eigenvalue weighted by atomic mass is 9.84. The highest BCUT2D eigenvalue weighted by molar-refractivity contribution is 5.94. The van der Waals surface area contributed by atoms with Gasteiger partial charge in [-0.25, -0.2) is 0 Å². The van der Waals surface area contributed by atoms with Gasteiger partial charge in [0.15, 0.2) is 0 Å². The second-order valence-corrected chi connectivity index (χ2v) is 10.2. The summed E-state index contributed by atoms with van der Waals surface area (Å²) in [4.78, 5) is 25.7. The summed E-state index contributed by atoms with van der Waals surface area (Å²) >= 11 is 0. The van der Waals surface area contributed by atoms with Crippen molar-refractivity contribution in [2.24, 2.45) is 5.92 Å². The standard InChI is InChI=1S/C29H33N7O/c1-18-14-26-24(23(7-10-31-26)25-5-6-27(30)34-33-25)15-22(18)17-36-11-8-20(9-12-36)28-19(2)13-21(16-32-28)29(37)35(3)4/h5-8,10,13,15-16,18H,9,11-12,14,17H2,1-4H3,(H2,30,34). The fourth-order valence-corrected chi connectivity index (χ4v) is 5.11. The maximum atomic E-state index is 12.3. The molecule has 8 heteroatoms. The quantitative estimate of drug-likeness (QED) is 0.573. The van der Waals surface area contributed by atoms with Crippen LogP contribution in [0.5, 0.6) is 0 Å². The van der Waals surface area contributed by atoms with E-state index in [1.807, 2.05) is 31.3 Å². The normalized spacial score (nSPS) is 17.6. The number of carbonyl (C=O) groups excluding carboxylic acids is 1. The highest BCUT2D eigenvalue weighted by Gasteiger charge is 2.24. The minimum absolute atomic E-state index is 0.0239. The van der Waals surface area contributed by atoms with Gasteiger partial charge in [0.25, 0.3) is 5.91 Å². The smallest absolute Gasteiger partial charge is 0.254 e. The molecule has 190 valence electrons. The van der Waals surface area contributed by atoms with Crippen LogP contribution in [0, 0.1) is 12.8 Å². The lowest BCUT2D eigenvalue weighted by Crippen LogP contribution is -2.32. The molecule has 1 amide bonds. The molecule has 0 saturated carbocycles. The molecule has 1 unspecified atom stereocenters. The summed E-state index contributed by atoms with van der Waals surface area (Å²) in [6.07, 6.45) is 9.98. The van der Waals surface area contributed by atoms with Crippen LogP contribution in [0.25, 0.3) is 22.9 Å². The third kappa shape index (κ3) is 5.15. The topological polar surface area (TPSA) is 101 Å². The van der Waals surface area contributed by atoms with Crippen LogP contribution in [0.4, 0.5) is 5.82 Å². The Labute approximate surface area is 217 Å². The molecule has 0 radical (unpaired) electrons. The molecule has 0 bridgehead atoms. The zero-order valence-corrected chi connectivity index (χ0v) is 21.9. The van der Waals surface area contributed by atoms with E-state index < -0.39 is 0 Å². The van der Waals surface area contributed by atoms with E-state index in [4.69, 9.17) is 5.73 Å². The Kier molecular flexibility index (Phi) is 6.84. The van der Waals surface area contributed by atoms with Gasteiger partial charge in [0, 0.05) is 62.9 Å². The number of pyridine rings is 2. The summed E-state index contributed by atoms with van der Waals surface area (Å²) in [5.74, 6) is 0.811. The van der Waals surface area contributed by atoms with Crippen molar-refractivity contribution in [3.05, 3.63) is 76.4 Å². The fourth-order valence-electron chi connectivity index (χ4n) is 5.11. The van der Waals surface area contributed by atoms with Crippen LogP contribution in [0.15, 0.2) is 48.3 Å². The molecule has 1 aliphatic carbocycles. The third-order valence-electron chi connectivity index (χ3n) is 7.23. The highest BCUT2D eigenvalue weighted by atomic mass is 16.2. The van der Waals surface area contributed by atoms with Crippen LogP contribution in [0.3, 0.4) is 0 Å². The highest BCUT2D eigenvalue weighted by Crippen LogP contribution is 2.34. The molecule has 8 nitrogen and oxygen atoms in total. The van der Waals surface area contributed by atoms with Crippen LogP contribution in [-0.2, 0) is 6.42 Å². The second-order valence-electron chi connectivity index (χ2n) is 10.2. The predicted octanol–water partition coefficient (Wildman–Crippen LogP) is 3.89. The van der Waals surface area contributed by atoms with E-state index in [9.17, 15) is 4.79 Å². The van der Waals surface area contributed by atoms with E-state index in [1.165, 1.54) is 11.1 Å². The van der Waals surface area contributed by atoms with Crippen LogP contribution < -0.4 is 5.73 Å². The Hall–Kier alpha value is -3.91. The zero-order valence-electron chi connectivity index (χ0n) is 21.9. The number of anilines is 1. The van der Waals surface area contributed by atoms with Crippen molar-refractivity contribution >= 4 is 23.4 Å². The molecule has 4 heterocycles. The van der Waals surface area contributed by atoms with E-state index in [0.717, 1.165) is 66.2 Å².